The molecule has 1 heterocycles. The van der Waals surface area contributed by atoms with Crippen LogP contribution in [0.15, 0.2) is 18.2 Å². The number of amides is 1. The number of hydrogen-bond donors (Lipinski definition) is 1. The molecule has 0 bridgehead atoms. The van der Waals surface area contributed by atoms with Gasteiger partial charge in [0.05, 0.1) is 12.3 Å². The van der Waals surface area contributed by atoms with E-state index < -0.39 is 12.0 Å². The second-order valence-electron chi connectivity index (χ2n) is 4.14. The number of nitrogens with zero attached hydrogens (tertiary/aromatic N) is 1. The molecule has 1 unspecified atom stereocenters. The Kier molecular flexibility index (Phi) is 3.08. The average Bonchev–Trinajstić information content (AvgIpc) is 2.49. The summed E-state index contributed by atoms with van der Waals surface area (Å²) in [4.78, 5) is 13.1. The quantitative estimate of drug-likeness (QED) is 0.823. The third kappa shape index (κ3) is 2.27. The number of carbonyl (C=O) groups excluding carboxylic acids is 1. The highest BCUT2D eigenvalue weighted by molar-refractivity contribution is 5.79. The summed E-state index contributed by atoms with van der Waals surface area (Å²) in [6.07, 6.45) is -0.148. The lowest BCUT2D eigenvalue weighted by atomic mass is 10.2. The average molecular weight is 236 g/mol. The SMILES string of the molecule is CN(C)c1cccc2c1OCCC(C(N)=O)O2. The summed E-state index contributed by atoms with van der Waals surface area (Å²) >= 11 is 0. The van der Waals surface area contributed by atoms with Crippen molar-refractivity contribution in [2.75, 3.05) is 25.6 Å². The van der Waals surface area contributed by atoms with Gasteiger partial charge in [0.1, 0.15) is 0 Å². The Hall–Kier alpha value is -1.91. The fourth-order valence-electron chi connectivity index (χ4n) is 1.77. The first-order valence-electron chi connectivity index (χ1n) is 5.48. The zero-order chi connectivity index (χ0) is 12.4. The number of anilines is 1. The van der Waals surface area contributed by atoms with E-state index in [1.165, 1.54) is 0 Å². The third-order valence-electron chi connectivity index (χ3n) is 2.65. The first-order chi connectivity index (χ1) is 8.09. The first-order valence-corrected chi connectivity index (χ1v) is 5.48. The summed E-state index contributed by atoms with van der Waals surface area (Å²) < 4.78 is 11.2. The van der Waals surface area contributed by atoms with E-state index in [1.54, 1.807) is 6.07 Å². The molecule has 92 valence electrons. The van der Waals surface area contributed by atoms with E-state index >= 15 is 0 Å². The van der Waals surface area contributed by atoms with Gasteiger partial charge in [-0.05, 0) is 12.1 Å². The second-order valence-corrected chi connectivity index (χ2v) is 4.14. The van der Waals surface area contributed by atoms with E-state index in [0.717, 1.165) is 5.69 Å². The Morgan fingerprint density at radius 1 is 1.47 bits per heavy atom. The van der Waals surface area contributed by atoms with E-state index in [4.69, 9.17) is 15.2 Å². The molecule has 5 heteroatoms. The van der Waals surface area contributed by atoms with Crippen LogP contribution in [0.3, 0.4) is 0 Å². The van der Waals surface area contributed by atoms with Crippen molar-refractivity contribution in [3.63, 3.8) is 0 Å². The van der Waals surface area contributed by atoms with Gasteiger partial charge in [0.25, 0.3) is 5.91 Å². The molecule has 0 saturated heterocycles. The van der Waals surface area contributed by atoms with Crippen LogP contribution in [0.4, 0.5) is 5.69 Å². The second kappa shape index (κ2) is 4.53. The van der Waals surface area contributed by atoms with E-state index in [-0.39, 0.29) is 0 Å². The van der Waals surface area contributed by atoms with Crippen LogP contribution in [0.2, 0.25) is 0 Å². The first kappa shape index (κ1) is 11.6. The summed E-state index contributed by atoms with van der Waals surface area (Å²) in [6, 6.07) is 5.58. The van der Waals surface area contributed by atoms with Crippen molar-refractivity contribution in [3.8, 4) is 11.5 Å². The number of rotatable bonds is 2. The van der Waals surface area contributed by atoms with Gasteiger partial charge in [0, 0.05) is 20.5 Å². The van der Waals surface area contributed by atoms with Gasteiger partial charge in [-0.2, -0.15) is 0 Å². The van der Waals surface area contributed by atoms with Gasteiger partial charge in [-0.15, -0.1) is 0 Å². The molecule has 2 N–H and O–H groups in total. The number of nitrogens with two attached hydrogens (primary N) is 1. The van der Waals surface area contributed by atoms with Crippen molar-refractivity contribution in [1.29, 1.82) is 0 Å². The van der Waals surface area contributed by atoms with E-state index in [9.17, 15) is 4.79 Å². The van der Waals surface area contributed by atoms with Crippen LogP contribution in [0.1, 0.15) is 6.42 Å². The molecule has 5 nitrogen and oxygen atoms in total. The number of fused-ring (bicyclic) bond motifs is 1. The van der Waals surface area contributed by atoms with Crippen LogP contribution < -0.4 is 20.1 Å². The third-order valence-corrected chi connectivity index (χ3v) is 2.65. The van der Waals surface area contributed by atoms with Crippen molar-refractivity contribution in [1.82, 2.24) is 0 Å². The predicted molar refractivity (Wildman–Crippen MR) is 64.5 cm³/mol. The number of hydrogen-bond acceptors (Lipinski definition) is 4. The van der Waals surface area contributed by atoms with Crippen LogP contribution in [-0.2, 0) is 4.79 Å². The largest absolute Gasteiger partial charge is 0.487 e. The molecule has 2 rings (SSSR count). The van der Waals surface area contributed by atoms with Gasteiger partial charge in [-0.3, -0.25) is 4.79 Å². The maximum atomic E-state index is 11.2. The standard InChI is InChI=1S/C12H16N2O3/c1-14(2)8-4-3-5-9-11(8)16-7-6-10(17-9)12(13)15/h3-5,10H,6-7H2,1-2H3,(H2,13,15). The highest BCUT2D eigenvalue weighted by Crippen LogP contribution is 2.39. The van der Waals surface area contributed by atoms with Gasteiger partial charge >= 0.3 is 0 Å². The Morgan fingerprint density at radius 3 is 2.88 bits per heavy atom. The van der Waals surface area contributed by atoms with Crippen LogP contribution >= 0.6 is 0 Å². The van der Waals surface area contributed by atoms with Crippen molar-refractivity contribution >= 4 is 11.6 Å². The minimum absolute atomic E-state index is 0.422. The lowest BCUT2D eigenvalue weighted by Crippen LogP contribution is -2.33. The minimum atomic E-state index is -0.617. The van der Waals surface area contributed by atoms with Gasteiger partial charge in [-0.25, -0.2) is 0 Å². The van der Waals surface area contributed by atoms with E-state index in [2.05, 4.69) is 0 Å². The molecular formula is C12H16N2O3. The van der Waals surface area contributed by atoms with Crippen molar-refractivity contribution in [2.24, 2.45) is 5.73 Å². The molecule has 1 atom stereocenters. The van der Waals surface area contributed by atoms with Crippen LogP contribution in [0.25, 0.3) is 0 Å². The van der Waals surface area contributed by atoms with E-state index in [1.807, 2.05) is 31.1 Å². The van der Waals surface area contributed by atoms with Gasteiger partial charge < -0.3 is 20.1 Å². The zero-order valence-electron chi connectivity index (χ0n) is 9.97. The molecule has 17 heavy (non-hydrogen) atoms. The lowest BCUT2D eigenvalue weighted by molar-refractivity contribution is -0.124. The molecule has 0 aromatic heterocycles. The van der Waals surface area contributed by atoms with Crippen molar-refractivity contribution in [3.05, 3.63) is 18.2 Å². The summed E-state index contributed by atoms with van der Waals surface area (Å²) in [5, 5.41) is 0. The summed E-state index contributed by atoms with van der Waals surface area (Å²) in [7, 11) is 3.85. The highest BCUT2D eigenvalue weighted by atomic mass is 16.5. The monoisotopic (exact) mass is 236 g/mol. The fraction of sp³-hybridized carbons (Fsp3) is 0.417. The number of benzene rings is 1. The lowest BCUT2D eigenvalue weighted by Gasteiger charge is -2.18. The predicted octanol–water partition coefficient (Wildman–Crippen LogP) is 0.768. The van der Waals surface area contributed by atoms with Gasteiger partial charge in [-0.1, -0.05) is 6.07 Å². The molecule has 0 spiro atoms. The Bertz CT molecular complexity index is 432. The maximum absolute atomic E-state index is 11.2. The molecule has 0 saturated carbocycles. The molecular weight excluding hydrogens is 220 g/mol. The van der Waals surface area contributed by atoms with E-state index in [0.29, 0.717) is 24.5 Å². The fourth-order valence-corrected chi connectivity index (χ4v) is 1.77. The molecule has 1 aliphatic heterocycles. The topological polar surface area (TPSA) is 64.8 Å². The normalized spacial score (nSPS) is 18.4. The Labute approximate surface area is 100 Å². The summed E-state index contributed by atoms with van der Waals surface area (Å²) in [6.45, 7) is 0.422. The zero-order valence-corrected chi connectivity index (χ0v) is 9.97. The van der Waals surface area contributed by atoms with Gasteiger partial charge in [0.15, 0.2) is 17.6 Å². The molecule has 1 aliphatic rings. The minimum Gasteiger partial charge on any atom is -0.487 e. The van der Waals surface area contributed by atoms with Crippen LogP contribution in [0, 0.1) is 0 Å². The molecule has 0 radical (unpaired) electrons. The summed E-state index contributed by atoms with van der Waals surface area (Å²) in [5.41, 5.74) is 6.19. The molecule has 0 aliphatic carbocycles. The Balaban J connectivity index is 2.37. The molecule has 1 aromatic rings. The van der Waals surface area contributed by atoms with Crippen LogP contribution in [-0.4, -0.2) is 32.7 Å². The number of ether oxygens (including phenoxy) is 2. The van der Waals surface area contributed by atoms with Crippen LogP contribution in [0.5, 0.6) is 11.5 Å². The van der Waals surface area contributed by atoms with Crippen molar-refractivity contribution in [2.45, 2.75) is 12.5 Å². The number of para-hydroxylation sites is 1. The number of carbonyl (C=O) groups is 1. The maximum Gasteiger partial charge on any atom is 0.258 e. The van der Waals surface area contributed by atoms with Crippen molar-refractivity contribution < 1.29 is 14.3 Å². The molecule has 1 aromatic carbocycles. The molecule has 0 fully saturated rings. The van der Waals surface area contributed by atoms with Gasteiger partial charge in [0.2, 0.25) is 0 Å². The smallest absolute Gasteiger partial charge is 0.258 e. The number of primary amides is 1. The highest BCUT2D eigenvalue weighted by Gasteiger charge is 2.24. The summed E-state index contributed by atoms with van der Waals surface area (Å²) in [5.74, 6) is 0.774. The molecule has 1 amide bonds. The Morgan fingerprint density at radius 2 is 2.24 bits per heavy atom.